The molecule has 0 saturated heterocycles. The highest BCUT2D eigenvalue weighted by molar-refractivity contribution is 6.10. The monoisotopic (exact) mass is 412 g/mol. The molecule has 0 aliphatic rings. The van der Waals surface area contributed by atoms with Gasteiger partial charge in [-0.05, 0) is 49.5 Å². The molecule has 2 aromatic carbocycles. The minimum absolute atomic E-state index is 0.0198. The molecule has 8 nitrogen and oxygen atoms in total. The molecule has 0 spiro atoms. The Morgan fingerprint density at radius 2 is 1.63 bits per heavy atom. The van der Waals surface area contributed by atoms with E-state index in [4.69, 9.17) is 4.42 Å². The van der Waals surface area contributed by atoms with E-state index in [-0.39, 0.29) is 17.2 Å². The number of nitrogens with one attached hydrogen (secondary N) is 1. The summed E-state index contributed by atoms with van der Waals surface area (Å²) in [7, 11) is 0. The highest BCUT2D eigenvalue weighted by Gasteiger charge is 2.19. The van der Waals surface area contributed by atoms with Crippen molar-refractivity contribution in [2.75, 3.05) is 26.2 Å². The quantitative estimate of drug-likeness (QED) is 0.331. The average molecular weight is 412 g/mol. The van der Waals surface area contributed by atoms with Crippen LogP contribution in [0.1, 0.15) is 40.3 Å². The third-order valence-corrected chi connectivity index (χ3v) is 4.94. The second-order valence-electron chi connectivity index (χ2n) is 6.84. The van der Waals surface area contributed by atoms with Crippen LogP contribution in [0.2, 0.25) is 0 Å². The Morgan fingerprint density at radius 3 is 2.27 bits per heavy atom. The van der Waals surface area contributed by atoms with E-state index in [1.807, 2.05) is 0 Å². The molecule has 0 radical (unpaired) electrons. The minimum atomic E-state index is -0.701. The van der Waals surface area contributed by atoms with Crippen molar-refractivity contribution >= 4 is 22.7 Å². The van der Waals surface area contributed by atoms with Crippen LogP contribution in [0.4, 0.5) is 0 Å². The van der Waals surface area contributed by atoms with Crippen LogP contribution in [-0.4, -0.2) is 58.1 Å². The van der Waals surface area contributed by atoms with Gasteiger partial charge in [-0.2, -0.15) is 0 Å². The number of phenolic OH excluding ortho intramolecular Hbond substituents is 3. The molecule has 30 heavy (non-hydrogen) atoms. The van der Waals surface area contributed by atoms with E-state index in [0.29, 0.717) is 23.1 Å². The van der Waals surface area contributed by atoms with Gasteiger partial charge in [-0.3, -0.25) is 9.59 Å². The first-order valence-corrected chi connectivity index (χ1v) is 9.67. The van der Waals surface area contributed by atoms with Gasteiger partial charge in [-0.1, -0.05) is 13.8 Å². The molecule has 158 valence electrons. The predicted octanol–water partition coefficient (Wildman–Crippen LogP) is 2.85. The standard InChI is InChI=1S/C22H24N2O6/c1-3-24(4-2)8-7-23-22(29)13-5-6-18-14(9-13)12-19(30-18)20(27)15-10-16(25)21(28)17(26)11-15/h5-6,9-12,25-26,28H,3-4,7-8H2,1-2H3,(H,23,29). The lowest BCUT2D eigenvalue weighted by Gasteiger charge is -2.17. The molecule has 0 bridgehead atoms. The smallest absolute Gasteiger partial charge is 0.251 e. The summed E-state index contributed by atoms with van der Waals surface area (Å²) in [4.78, 5) is 27.2. The fraction of sp³-hybridized carbons (Fsp3) is 0.273. The normalized spacial score (nSPS) is 11.2. The fourth-order valence-electron chi connectivity index (χ4n) is 3.14. The number of likely N-dealkylation sites (N-methyl/N-ethyl adjacent to an activating group) is 1. The maximum Gasteiger partial charge on any atom is 0.251 e. The van der Waals surface area contributed by atoms with Crippen molar-refractivity contribution in [1.82, 2.24) is 10.2 Å². The van der Waals surface area contributed by atoms with Crippen molar-refractivity contribution < 1.29 is 29.3 Å². The highest BCUT2D eigenvalue weighted by Crippen LogP contribution is 2.36. The summed E-state index contributed by atoms with van der Waals surface area (Å²) in [6.07, 6.45) is 0. The number of hydrogen-bond acceptors (Lipinski definition) is 7. The van der Waals surface area contributed by atoms with Gasteiger partial charge in [0.05, 0.1) is 0 Å². The zero-order valence-electron chi connectivity index (χ0n) is 16.8. The molecular formula is C22H24N2O6. The first kappa shape index (κ1) is 21.2. The number of phenols is 3. The molecule has 8 heteroatoms. The summed E-state index contributed by atoms with van der Waals surface area (Å²) >= 11 is 0. The molecule has 0 aliphatic carbocycles. The van der Waals surface area contributed by atoms with Gasteiger partial charge in [0.2, 0.25) is 5.78 Å². The van der Waals surface area contributed by atoms with Crippen LogP contribution in [0.15, 0.2) is 40.8 Å². The second-order valence-corrected chi connectivity index (χ2v) is 6.84. The third-order valence-electron chi connectivity index (χ3n) is 4.94. The van der Waals surface area contributed by atoms with Crippen molar-refractivity contribution in [3.8, 4) is 17.2 Å². The zero-order chi connectivity index (χ0) is 21.8. The number of hydrogen-bond donors (Lipinski definition) is 4. The minimum Gasteiger partial charge on any atom is -0.504 e. The number of fused-ring (bicyclic) bond motifs is 1. The highest BCUT2D eigenvalue weighted by atomic mass is 16.3. The molecule has 0 atom stereocenters. The van der Waals surface area contributed by atoms with Crippen molar-refractivity contribution in [2.45, 2.75) is 13.8 Å². The van der Waals surface area contributed by atoms with Gasteiger partial charge in [0, 0.05) is 29.6 Å². The van der Waals surface area contributed by atoms with Crippen molar-refractivity contribution in [3.63, 3.8) is 0 Å². The predicted molar refractivity (Wildman–Crippen MR) is 111 cm³/mol. The van der Waals surface area contributed by atoms with Gasteiger partial charge in [-0.25, -0.2) is 0 Å². The maximum absolute atomic E-state index is 12.6. The van der Waals surface area contributed by atoms with Crippen molar-refractivity contribution in [2.24, 2.45) is 0 Å². The van der Waals surface area contributed by atoms with Gasteiger partial charge in [0.1, 0.15) is 5.58 Å². The first-order valence-electron chi connectivity index (χ1n) is 9.67. The van der Waals surface area contributed by atoms with Crippen LogP contribution in [0.25, 0.3) is 11.0 Å². The average Bonchev–Trinajstić information content (AvgIpc) is 3.17. The van der Waals surface area contributed by atoms with E-state index >= 15 is 0 Å². The van der Waals surface area contributed by atoms with E-state index < -0.39 is 23.0 Å². The molecule has 0 unspecified atom stereocenters. The van der Waals surface area contributed by atoms with Gasteiger partial charge >= 0.3 is 0 Å². The van der Waals surface area contributed by atoms with E-state index in [1.165, 1.54) is 6.07 Å². The number of amides is 1. The maximum atomic E-state index is 12.6. The Hall–Kier alpha value is -3.52. The molecule has 3 rings (SSSR count). The topological polar surface area (TPSA) is 123 Å². The number of carbonyl (C=O) groups is 2. The Kier molecular flexibility index (Phi) is 6.27. The molecule has 1 heterocycles. The zero-order valence-corrected chi connectivity index (χ0v) is 16.8. The second kappa shape index (κ2) is 8.87. The number of carbonyl (C=O) groups excluding carboxylic acids is 2. The van der Waals surface area contributed by atoms with Gasteiger partial charge in [0.25, 0.3) is 5.91 Å². The number of furan rings is 1. The largest absolute Gasteiger partial charge is 0.504 e. The van der Waals surface area contributed by atoms with Crippen LogP contribution in [0, 0.1) is 0 Å². The SMILES string of the molecule is CCN(CC)CCNC(=O)c1ccc2oc(C(=O)c3cc(O)c(O)c(O)c3)cc2c1. The molecule has 3 aromatic rings. The summed E-state index contributed by atoms with van der Waals surface area (Å²) in [6, 6.07) is 8.43. The lowest BCUT2D eigenvalue weighted by Crippen LogP contribution is -2.34. The van der Waals surface area contributed by atoms with E-state index in [1.54, 1.807) is 18.2 Å². The molecule has 1 aromatic heterocycles. The number of ketones is 1. The first-order chi connectivity index (χ1) is 14.3. The Balaban J connectivity index is 1.77. The number of benzene rings is 2. The Labute approximate surface area is 173 Å². The van der Waals surface area contributed by atoms with Gasteiger partial charge in [-0.15, -0.1) is 0 Å². The molecule has 0 aliphatic heterocycles. The summed E-state index contributed by atoms with van der Waals surface area (Å²) in [5, 5.41) is 32.1. The Bertz CT molecular complexity index is 1060. The van der Waals surface area contributed by atoms with Crippen LogP contribution >= 0.6 is 0 Å². The van der Waals surface area contributed by atoms with Crippen LogP contribution in [-0.2, 0) is 0 Å². The summed E-state index contributed by atoms with van der Waals surface area (Å²) < 4.78 is 5.56. The van der Waals surface area contributed by atoms with Crippen LogP contribution in [0.3, 0.4) is 0 Å². The van der Waals surface area contributed by atoms with E-state index in [0.717, 1.165) is 31.8 Å². The lowest BCUT2D eigenvalue weighted by atomic mass is 10.1. The van der Waals surface area contributed by atoms with Gasteiger partial charge < -0.3 is 30.0 Å². The molecular weight excluding hydrogens is 388 g/mol. The Morgan fingerprint density at radius 1 is 0.967 bits per heavy atom. The van der Waals surface area contributed by atoms with Crippen LogP contribution in [0.5, 0.6) is 17.2 Å². The summed E-state index contributed by atoms with van der Waals surface area (Å²) in [5.74, 6) is -2.74. The molecule has 1 amide bonds. The van der Waals surface area contributed by atoms with E-state index in [9.17, 15) is 24.9 Å². The molecule has 0 fully saturated rings. The van der Waals surface area contributed by atoms with Gasteiger partial charge in [0.15, 0.2) is 23.0 Å². The van der Waals surface area contributed by atoms with Crippen LogP contribution < -0.4 is 5.32 Å². The number of nitrogens with zero attached hydrogens (tertiary/aromatic N) is 1. The fourth-order valence-corrected chi connectivity index (χ4v) is 3.14. The third kappa shape index (κ3) is 4.38. The summed E-state index contributed by atoms with van der Waals surface area (Å²) in [6.45, 7) is 7.26. The van der Waals surface area contributed by atoms with Crippen molar-refractivity contribution in [3.05, 3.63) is 53.3 Å². The van der Waals surface area contributed by atoms with Crippen molar-refractivity contribution in [1.29, 1.82) is 0 Å². The summed E-state index contributed by atoms with van der Waals surface area (Å²) in [5.41, 5.74) is 0.822. The molecule has 4 N–H and O–H groups in total. The van der Waals surface area contributed by atoms with E-state index in [2.05, 4.69) is 24.1 Å². The number of rotatable bonds is 8. The number of aromatic hydroxyl groups is 3. The molecule has 0 saturated carbocycles. The lowest BCUT2D eigenvalue weighted by molar-refractivity contribution is 0.0948.